The Morgan fingerprint density at radius 1 is 1.26 bits per heavy atom. The van der Waals surface area contributed by atoms with E-state index in [2.05, 4.69) is 15.5 Å². The van der Waals surface area contributed by atoms with E-state index in [9.17, 15) is 9.18 Å². The topological polar surface area (TPSA) is 64.7 Å². The molecular weight excluding hydrogens is 392 g/mol. The summed E-state index contributed by atoms with van der Waals surface area (Å²) in [6, 6.07) is 6.22. The summed E-state index contributed by atoms with van der Waals surface area (Å²) in [6.45, 7) is 4.41. The fourth-order valence-corrected chi connectivity index (χ4v) is 3.01. The average molecular weight is 410 g/mol. The minimum atomic E-state index is -0.316. The van der Waals surface area contributed by atoms with Gasteiger partial charge in [0, 0.05) is 12.6 Å². The molecule has 9 heteroatoms. The van der Waals surface area contributed by atoms with Gasteiger partial charge >= 0.3 is 0 Å². The van der Waals surface area contributed by atoms with Crippen molar-refractivity contribution in [2.24, 2.45) is 0 Å². The van der Waals surface area contributed by atoms with Crippen molar-refractivity contribution < 1.29 is 9.18 Å². The highest BCUT2D eigenvalue weighted by Gasteiger charge is 2.13. The highest BCUT2D eigenvalue weighted by molar-refractivity contribution is 6.33. The average Bonchev–Trinajstić information content (AvgIpc) is 3.07. The third-order valence-electron chi connectivity index (χ3n) is 4.05. The second kappa shape index (κ2) is 8.10. The number of nitrogens with one attached hydrogen (secondary N) is 1. The van der Waals surface area contributed by atoms with Gasteiger partial charge < -0.3 is 5.32 Å². The first-order valence-electron chi connectivity index (χ1n) is 8.30. The van der Waals surface area contributed by atoms with Crippen molar-refractivity contribution in [2.75, 3.05) is 5.32 Å². The maximum atomic E-state index is 13.3. The van der Waals surface area contributed by atoms with Gasteiger partial charge in [0.2, 0.25) is 5.91 Å². The van der Waals surface area contributed by atoms with Gasteiger partial charge in [0.1, 0.15) is 10.8 Å². The molecule has 0 radical (unpaired) electrons. The van der Waals surface area contributed by atoms with Crippen LogP contribution >= 0.6 is 23.2 Å². The summed E-state index contributed by atoms with van der Waals surface area (Å²) in [5, 5.41) is 12.2. The van der Waals surface area contributed by atoms with E-state index in [-0.39, 0.29) is 24.0 Å². The van der Waals surface area contributed by atoms with Gasteiger partial charge in [-0.3, -0.25) is 14.2 Å². The minimum absolute atomic E-state index is 0.200. The number of carbonyl (C=O) groups is 1. The molecule has 2 heterocycles. The molecule has 0 aliphatic heterocycles. The Morgan fingerprint density at radius 2 is 2.04 bits per heavy atom. The molecule has 1 aromatic carbocycles. The van der Waals surface area contributed by atoms with Crippen molar-refractivity contribution in [1.82, 2.24) is 19.6 Å². The standard InChI is InChI=1S/C18H18Cl2FN5O/c1-11-17(20)12(2)26(23-11)7-6-16(27)22-18-15(19)10-25(24-18)9-13-4-3-5-14(21)8-13/h3-5,8,10H,6-7,9H2,1-2H3,(H,22,24,27). The molecule has 6 nitrogen and oxygen atoms in total. The summed E-state index contributed by atoms with van der Waals surface area (Å²) in [5.74, 6) is -0.287. The number of hydrogen-bond donors (Lipinski definition) is 1. The molecule has 3 aromatic rings. The zero-order chi connectivity index (χ0) is 19.6. The van der Waals surface area contributed by atoms with Gasteiger partial charge in [-0.15, -0.1) is 0 Å². The lowest BCUT2D eigenvalue weighted by molar-refractivity contribution is -0.116. The van der Waals surface area contributed by atoms with Crippen LogP contribution in [0.3, 0.4) is 0 Å². The molecule has 1 N–H and O–H groups in total. The number of carbonyl (C=O) groups excluding carboxylic acids is 1. The van der Waals surface area contributed by atoms with E-state index in [1.165, 1.54) is 12.1 Å². The van der Waals surface area contributed by atoms with Crippen LogP contribution in [0.15, 0.2) is 30.5 Å². The molecule has 0 bridgehead atoms. The number of halogens is 3. The Morgan fingerprint density at radius 3 is 2.70 bits per heavy atom. The highest BCUT2D eigenvalue weighted by Crippen LogP contribution is 2.21. The molecule has 0 aliphatic rings. The number of nitrogens with zero attached hydrogens (tertiary/aromatic N) is 4. The van der Waals surface area contributed by atoms with Gasteiger partial charge in [-0.1, -0.05) is 35.3 Å². The molecule has 3 rings (SSSR count). The predicted molar refractivity (Wildman–Crippen MR) is 103 cm³/mol. The molecule has 0 unspecified atom stereocenters. The Bertz CT molecular complexity index is 982. The van der Waals surface area contributed by atoms with E-state index in [1.54, 1.807) is 27.7 Å². The summed E-state index contributed by atoms with van der Waals surface area (Å²) in [5.41, 5.74) is 2.29. The summed E-state index contributed by atoms with van der Waals surface area (Å²) in [7, 11) is 0. The van der Waals surface area contributed by atoms with Crippen molar-refractivity contribution in [2.45, 2.75) is 33.4 Å². The van der Waals surface area contributed by atoms with E-state index in [4.69, 9.17) is 23.2 Å². The van der Waals surface area contributed by atoms with Crippen molar-refractivity contribution in [3.05, 3.63) is 63.3 Å². The lowest BCUT2D eigenvalue weighted by atomic mass is 10.2. The molecule has 0 fully saturated rings. The van der Waals surface area contributed by atoms with E-state index >= 15 is 0 Å². The summed E-state index contributed by atoms with van der Waals surface area (Å²) < 4.78 is 16.5. The van der Waals surface area contributed by atoms with E-state index in [0.717, 1.165) is 17.0 Å². The molecule has 0 saturated heterocycles. The SMILES string of the molecule is Cc1nn(CCC(=O)Nc2nn(Cc3cccc(F)c3)cc2Cl)c(C)c1Cl. The molecule has 1 amide bonds. The summed E-state index contributed by atoms with van der Waals surface area (Å²) in [6.07, 6.45) is 1.79. The van der Waals surface area contributed by atoms with Crippen LogP contribution in [-0.4, -0.2) is 25.5 Å². The van der Waals surface area contributed by atoms with E-state index in [1.807, 2.05) is 13.8 Å². The summed E-state index contributed by atoms with van der Waals surface area (Å²) in [4.78, 5) is 12.2. The largest absolute Gasteiger partial charge is 0.308 e. The van der Waals surface area contributed by atoms with Gasteiger partial charge in [0.05, 0.1) is 29.5 Å². The Labute approximate surface area is 165 Å². The molecule has 0 atom stereocenters. The third kappa shape index (κ3) is 4.67. The van der Waals surface area contributed by atoms with Crippen molar-refractivity contribution >= 4 is 34.9 Å². The van der Waals surface area contributed by atoms with Crippen LogP contribution in [0.25, 0.3) is 0 Å². The Kier molecular flexibility index (Phi) is 5.82. The molecule has 2 aromatic heterocycles. The number of anilines is 1. The van der Waals surface area contributed by atoms with Crippen molar-refractivity contribution in [3.63, 3.8) is 0 Å². The minimum Gasteiger partial charge on any atom is -0.308 e. The Balaban J connectivity index is 1.61. The maximum absolute atomic E-state index is 13.3. The number of amides is 1. The second-order valence-corrected chi connectivity index (χ2v) is 6.94. The zero-order valence-electron chi connectivity index (χ0n) is 14.8. The molecule has 142 valence electrons. The van der Waals surface area contributed by atoms with Crippen LogP contribution < -0.4 is 5.32 Å². The Hall–Kier alpha value is -2.38. The molecule has 0 saturated carbocycles. The van der Waals surface area contributed by atoms with E-state index in [0.29, 0.717) is 23.1 Å². The van der Waals surface area contributed by atoms with Crippen LogP contribution in [0.4, 0.5) is 10.2 Å². The van der Waals surface area contributed by atoms with E-state index < -0.39 is 0 Å². The van der Waals surface area contributed by atoms with Gasteiger partial charge in [0.15, 0.2) is 5.82 Å². The molecule has 27 heavy (non-hydrogen) atoms. The van der Waals surface area contributed by atoms with Crippen LogP contribution in [0.1, 0.15) is 23.4 Å². The zero-order valence-corrected chi connectivity index (χ0v) is 16.4. The molecule has 0 spiro atoms. The number of hydrogen-bond acceptors (Lipinski definition) is 3. The number of aromatic nitrogens is 4. The number of rotatable bonds is 6. The maximum Gasteiger partial charge on any atom is 0.227 e. The van der Waals surface area contributed by atoms with Crippen LogP contribution in [0.5, 0.6) is 0 Å². The predicted octanol–water partition coefficient (Wildman–Crippen LogP) is 4.22. The quantitative estimate of drug-likeness (QED) is 0.662. The fraction of sp³-hybridized carbons (Fsp3) is 0.278. The third-order valence-corrected chi connectivity index (χ3v) is 4.88. The number of benzene rings is 1. The summed E-state index contributed by atoms with van der Waals surface area (Å²) >= 11 is 12.3. The normalized spacial score (nSPS) is 11.0. The highest BCUT2D eigenvalue weighted by atomic mass is 35.5. The lowest BCUT2D eigenvalue weighted by Crippen LogP contribution is -2.16. The van der Waals surface area contributed by atoms with Gasteiger partial charge in [-0.05, 0) is 31.5 Å². The lowest BCUT2D eigenvalue weighted by Gasteiger charge is -2.05. The monoisotopic (exact) mass is 409 g/mol. The molecular formula is C18H18Cl2FN5O. The smallest absolute Gasteiger partial charge is 0.227 e. The molecule has 0 aliphatic carbocycles. The first-order valence-corrected chi connectivity index (χ1v) is 9.06. The van der Waals surface area contributed by atoms with Gasteiger partial charge in [-0.2, -0.15) is 10.2 Å². The second-order valence-electron chi connectivity index (χ2n) is 6.16. The first-order chi connectivity index (χ1) is 12.8. The first kappa shape index (κ1) is 19.4. The van der Waals surface area contributed by atoms with Gasteiger partial charge in [-0.25, -0.2) is 4.39 Å². The number of aryl methyl sites for hydroxylation is 2. The van der Waals surface area contributed by atoms with Crippen LogP contribution in [-0.2, 0) is 17.9 Å². The van der Waals surface area contributed by atoms with Crippen LogP contribution in [0, 0.1) is 19.7 Å². The van der Waals surface area contributed by atoms with Gasteiger partial charge in [0.25, 0.3) is 0 Å². The fourth-order valence-electron chi connectivity index (χ4n) is 2.68. The van der Waals surface area contributed by atoms with Crippen molar-refractivity contribution in [3.8, 4) is 0 Å². The van der Waals surface area contributed by atoms with Crippen molar-refractivity contribution in [1.29, 1.82) is 0 Å². The van der Waals surface area contributed by atoms with Crippen LogP contribution in [0.2, 0.25) is 10.0 Å².